The first-order chi connectivity index (χ1) is 12.7. The minimum absolute atomic E-state index is 0.142. The molecule has 0 heterocycles. The van der Waals surface area contributed by atoms with Crippen molar-refractivity contribution in [3.63, 3.8) is 0 Å². The van der Waals surface area contributed by atoms with Crippen LogP contribution in [-0.2, 0) is 4.79 Å². The van der Waals surface area contributed by atoms with E-state index >= 15 is 0 Å². The van der Waals surface area contributed by atoms with Gasteiger partial charge in [0.1, 0.15) is 11.5 Å². The third-order valence-corrected chi connectivity index (χ3v) is 3.32. The summed E-state index contributed by atoms with van der Waals surface area (Å²) in [5, 5.41) is 3.90. The Morgan fingerprint density at radius 1 is 1.00 bits per heavy atom. The van der Waals surface area contributed by atoms with Crippen LogP contribution >= 0.6 is 0 Å². The zero-order valence-electron chi connectivity index (χ0n) is 15.0. The summed E-state index contributed by atoms with van der Waals surface area (Å²) in [6.45, 7) is 2.37. The minimum Gasteiger partial charge on any atom is -0.494 e. The van der Waals surface area contributed by atoms with Gasteiger partial charge in [0.25, 0.3) is 5.91 Å². The molecule has 0 fully saturated rings. The number of methoxy groups -OCH3 is 2. The number of nitrogens with one attached hydrogen (secondary N) is 1. The maximum Gasteiger partial charge on any atom is 0.277 e. The van der Waals surface area contributed by atoms with E-state index in [0.717, 1.165) is 11.3 Å². The summed E-state index contributed by atoms with van der Waals surface area (Å²) in [5.74, 6) is 2.17. The summed E-state index contributed by atoms with van der Waals surface area (Å²) in [4.78, 5) is 11.8. The number of nitrogens with zero attached hydrogens (tertiary/aromatic N) is 1. The number of carbonyl (C=O) groups is 1. The van der Waals surface area contributed by atoms with Gasteiger partial charge in [0.2, 0.25) is 0 Å². The first-order valence-electron chi connectivity index (χ1n) is 8.06. The fourth-order valence-electron chi connectivity index (χ4n) is 2.09. The van der Waals surface area contributed by atoms with Gasteiger partial charge in [0.15, 0.2) is 18.1 Å². The molecule has 2 aromatic carbocycles. The summed E-state index contributed by atoms with van der Waals surface area (Å²) in [6, 6.07) is 12.4. The number of carbonyl (C=O) groups excluding carboxylic acids is 1. The van der Waals surface area contributed by atoms with E-state index in [0.29, 0.717) is 23.9 Å². The second kappa shape index (κ2) is 9.93. The minimum atomic E-state index is -0.365. The van der Waals surface area contributed by atoms with Gasteiger partial charge in [-0.05, 0) is 55.0 Å². The number of hydrazone groups is 1. The van der Waals surface area contributed by atoms with Crippen LogP contribution < -0.4 is 24.4 Å². The van der Waals surface area contributed by atoms with E-state index < -0.39 is 0 Å². The zero-order chi connectivity index (χ0) is 18.8. The molecular weight excluding hydrogens is 336 g/mol. The number of hydrogen-bond donors (Lipinski definition) is 1. The van der Waals surface area contributed by atoms with Crippen LogP contribution in [-0.4, -0.2) is 39.6 Å². The van der Waals surface area contributed by atoms with Crippen molar-refractivity contribution in [3.05, 3.63) is 48.0 Å². The lowest BCUT2D eigenvalue weighted by atomic mass is 10.2. The average molecular weight is 358 g/mol. The Balaban J connectivity index is 1.81. The predicted octanol–water partition coefficient (Wildman–Crippen LogP) is 2.63. The first-order valence-corrected chi connectivity index (χ1v) is 8.06. The molecule has 2 aromatic rings. The van der Waals surface area contributed by atoms with Crippen LogP contribution in [0.3, 0.4) is 0 Å². The predicted molar refractivity (Wildman–Crippen MR) is 98.4 cm³/mol. The Morgan fingerprint density at radius 3 is 2.27 bits per heavy atom. The standard InChI is InChI=1S/C19H22N2O5/c1-4-25-15-6-8-16(9-7-15)26-13-19(22)21-20-12-14-5-10-17(23-2)18(11-14)24-3/h5-12H,4,13H2,1-3H3,(H,21,22)/b20-12+. The number of amides is 1. The lowest BCUT2D eigenvalue weighted by molar-refractivity contribution is -0.123. The summed E-state index contributed by atoms with van der Waals surface area (Å²) in [5.41, 5.74) is 3.17. The van der Waals surface area contributed by atoms with Crippen molar-refractivity contribution in [2.24, 2.45) is 5.10 Å². The van der Waals surface area contributed by atoms with E-state index in [4.69, 9.17) is 18.9 Å². The lowest BCUT2D eigenvalue weighted by Gasteiger charge is -2.08. The molecule has 1 amide bonds. The van der Waals surface area contributed by atoms with Gasteiger partial charge in [-0.1, -0.05) is 0 Å². The average Bonchev–Trinajstić information content (AvgIpc) is 2.67. The summed E-state index contributed by atoms with van der Waals surface area (Å²) in [7, 11) is 3.12. The molecular formula is C19H22N2O5. The van der Waals surface area contributed by atoms with E-state index in [9.17, 15) is 4.79 Å². The van der Waals surface area contributed by atoms with Crippen molar-refractivity contribution in [2.45, 2.75) is 6.92 Å². The van der Waals surface area contributed by atoms with E-state index in [1.807, 2.05) is 6.92 Å². The molecule has 0 aliphatic heterocycles. The smallest absolute Gasteiger partial charge is 0.277 e. The molecule has 0 radical (unpaired) electrons. The fraction of sp³-hybridized carbons (Fsp3) is 0.263. The van der Waals surface area contributed by atoms with Gasteiger partial charge < -0.3 is 18.9 Å². The van der Waals surface area contributed by atoms with Gasteiger partial charge in [-0.3, -0.25) is 4.79 Å². The molecule has 1 N–H and O–H groups in total. The molecule has 0 aliphatic carbocycles. The largest absolute Gasteiger partial charge is 0.494 e. The van der Waals surface area contributed by atoms with Crippen LogP contribution in [0.1, 0.15) is 12.5 Å². The second-order valence-electron chi connectivity index (χ2n) is 5.10. The van der Waals surface area contributed by atoms with E-state index in [2.05, 4.69) is 10.5 Å². The van der Waals surface area contributed by atoms with Crippen molar-refractivity contribution in [1.82, 2.24) is 5.43 Å². The van der Waals surface area contributed by atoms with Gasteiger partial charge in [0.05, 0.1) is 27.0 Å². The van der Waals surface area contributed by atoms with E-state index in [-0.39, 0.29) is 12.5 Å². The van der Waals surface area contributed by atoms with Crippen molar-refractivity contribution in [2.75, 3.05) is 27.4 Å². The Kier molecular flexibility index (Phi) is 7.30. The molecule has 0 spiro atoms. The van der Waals surface area contributed by atoms with Crippen molar-refractivity contribution in [1.29, 1.82) is 0 Å². The Morgan fingerprint density at radius 2 is 1.65 bits per heavy atom. The first kappa shape index (κ1) is 19.1. The third-order valence-electron chi connectivity index (χ3n) is 3.32. The Bertz CT molecular complexity index is 744. The molecule has 0 unspecified atom stereocenters. The molecule has 7 heteroatoms. The molecule has 26 heavy (non-hydrogen) atoms. The molecule has 138 valence electrons. The number of hydrogen-bond acceptors (Lipinski definition) is 6. The highest BCUT2D eigenvalue weighted by atomic mass is 16.5. The van der Waals surface area contributed by atoms with E-state index in [1.54, 1.807) is 56.7 Å². The Labute approximate surface area is 152 Å². The van der Waals surface area contributed by atoms with E-state index in [1.165, 1.54) is 6.21 Å². The number of benzene rings is 2. The topological polar surface area (TPSA) is 78.4 Å². The highest BCUT2D eigenvalue weighted by molar-refractivity contribution is 5.83. The monoisotopic (exact) mass is 358 g/mol. The van der Waals surface area contributed by atoms with Gasteiger partial charge in [0, 0.05) is 0 Å². The maximum atomic E-state index is 11.8. The van der Waals surface area contributed by atoms with Gasteiger partial charge in [-0.2, -0.15) is 5.10 Å². The third kappa shape index (κ3) is 5.70. The molecule has 0 saturated heterocycles. The van der Waals surface area contributed by atoms with Crippen LogP contribution in [0.5, 0.6) is 23.0 Å². The van der Waals surface area contributed by atoms with Gasteiger partial charge in [-0.15, -0.1) is 0 Å². The maximum absolute atomic E-state index is 11.8. The van der Waals surface area contributed by atoms with Crippen molar-refractivity contribution >= 4 is 12.1 Å². The molecule has 0 atom stereocenters. The number of rotatable bonds is 9. The number of ether oxygens (including phenoxy) is 4. The van der Waals surface area contributed by atoms with Crippen LogP contribution in [0.15, 0.2) is 47.6 Å². The quantitative estimate of drug-likeness (QED) is 0.551. The molecule has 0 saturated carbocycles. The Hall–Kier alpha value is -3.22. The normalized spacial score (nSPS) is 10.4. The molecule has 0 aromatic heterocycles. The van der Waals surface area contributed by atoms with Crippen LogP contribution in [0.2, 0.25) is 0 Å². The second-order valence-corrected chi connectivity index (χ2v) is 5.10. The molecule has 0 bridgehead atoms. The molecule has 0 aliphatic rings. The summed E-state index contributed by atoms with van der Waals surface area (Å²) >= 11 is 0. The summed E-state index contributed by atoms with van der Waals surface area (Å²) < 4.78 is 21.1. The molecule has 2 rings (SSSR count). The van der Waals surface area contributed by atoms with Crippen molar-refractivity contribution < 1.29 is 23.7 Å². The zero-order valence-corrected chi connectivity index (χ0v) is 15.0. The molecule has 7 nitrogen and oxygen atoms in total. The van der Waals surface area contributed by atoms with Crippen LogP contribution in [0.25, 0.3) is 0 Å². The lowest BCUT2D eigenvalue weighted by Crippen LogP contribution is -2.24. The highest BCUT2D eigenvalue weighted by Crippen LogP contribution is 2.26. The fourth-order valence-corrected chi connectivity index (χ4v) is 2.09. The van der Waals surface area contributed by atoms with Crippen molar-refractivity contribution in [3.8, 4) is 23.0 Å². The van der Waals surface area contributed by atoms with Crippen LogP contribution in [0.4, 0.5) is 0 Å². The van der Waals surface area contributed by atoms with Gasteiger partial charge >= 0.3 is 0 Å². The van der Waals surface area contributed by atoms with Gasteiger partial charge in [-0.25, -0.2) is 5.43 Å². The summed E-state index contributed by atoms with van der Waals surface area (Å²) in [6.07, 6.45) is 1.51. The highest BCUT2D eigenvalue weighted by Gasteiger charge is 2.04. The van der Waals surface area contributed by atoms with Crippen LogP contribution in [0, 0.1) is 0 Å². The SMILES string of the molecule is CCOc1ccc(OCC(=O)N/N=C/c2ccc(OC)c(OC)c2)cc1.